The molecule has 2 aromatic rings. The zero-order valence-electron chi connectivity index (χ0n) is 8.40. The second-order valence-corrected chi connectivity index (χ2v) is 3.59. The summed E-state index contributed by atoms with van der Waals surface area (Å²) < 4.78 is 5.40. The second-order valence-electron chi connectivity index (χ2n) is 3.59. The maximum absolute atomic E-state index is 5.40. The van der Waals surface area contributed by atoms with Gasteiger partial charge in [-0.05, 0) is 5.92 Å². The molecule has 0 saturated heterocycles. The molecule has 14 heavy (non-hydrogen) atoms. The minimum absolute atomic E-state index is 0.393. The SMILES string of the molecule is CC(C)c1ncoc1-c1ccccc1. The van der Waals surface area contributed by atoms with Crippen LogP contribution in [-0.2, 0) is 0 Å². The van der Waals surface area contributed by atoms with Crippen LogP contribution in [0.5, 0.6) is 0 Å². The van der Waals surface area contributed by atoms with Gasteiger partial charge in [-0.1, -0.05) is 44.2 Å². The number of benzene rings is 1. The van der Waals surface area contributed by atoms with E-state index in [9.17, 15) is 0 Å². The maximum atomic E-state index is 5.40. The number of oxazole rings is 1. The van der Waals surface area contributed by atoms with Gasteiger partial charge in [0.1, 0.15) is 0 Å². The highest BCUT2D eigenvalue weighted by atomic mass is 16.3. The topological polar surface area (TPSA) is 26.0 Å². The first-order valence-electron chi connectivity index (χ1n) is 4.78. The maximum Gasteiger partial charge on any atom is 0.181 e. The third-order valence-electron chi connectivity index (χ3n) is 2.18. The summed E-state index contributed by atoms with van der Waals surface area (Å²) in [6.07, 6.45) is 1.51. The van der Waals surface area contributed by atoms with Gasteiger partial charge in [0, 0.05) is 5.56 Å². The van der Waals surface area contributed by atoms with Gasteiger partial charge in [0.2, 0.25) is 0 Å². The van der Waals surface area contributed by atoms with Crippen LogP contribution in [0.25, 0.3) is 11.3 Å². The molecular weight excluding hydrogens is 174 g/mol. The summed E-state index contributed by atoms with van der Waals surface area (Å²) in [7, 11) is 0. The van der Waals surface area contributed by atoms with Crippen LogP contribution < -0.4 is 0 Å². The third kappa shape index (κ3) is 1.55. The number of hydrogen-bond donors (Lipinski definition) is 0. The lowest BCUT2D eigenvalue weighted by Gasteiger charge is -2.03. The van der Waals surface area contributed by atoms with Crippen molar-refractivity contribution in [3.05, 3.63) is 42.4 Å². The smallest absolute Gasteiger partial charge is 0.181 e. The molecule has 0 bridgehead atoms. The van der Waals surface area contributed by atoms with E-state index in [0.717, 1.165) is 17.0 Å². The Morgan fingerprint density at radius 2 is 1.86 bits per heavy atom. The lowest BCUT2D eigenvalue weighted by atomic mass is 10.0. The molecule has 72 valence electrons. The summed E-state index contributed by atoms with van der Waals surface area (Å²) in [5, 5.41) is 0. The van der Waals surface area contributed by atoms with Crippen LogP contribution in [0.15, 0.2) is 41.1 Å². The van der Waals surface area contributed by atoms with Crippen LogP contribution in [-0.4, -0.2) is 4.98 Å². The number of aromatic nitrogens is 1. The van der Waals surface area contributed by atoms with Crippen molar-refractivity contribution in [2.24, 2.45) is 0 Å². The molecule has 1 heterocycles. The molecule has 0 aliphatic rings. The van der Waals surface area contributed by atoms with Gasteiger partial charge >= 0.3 is 0 Å². The van der Waals surface area contributed by atoms with Crippen LogP contribution in [0.2, 0.25) is 0 Å². The van der Waals surface area contributed by atoms with Gasteiger partial charge < -0.3 is 4.42 Å². The summed E-state index contributed by atoms with van der Waals surface area (Å²) in [6, 6.07) is 10.1. The summed E-state index contributed by atoms with van der Waals surface area (Å²) in [4.78, 5) is 4.23. The van der Waals surface area contributed by atoms with E-state index in [4.69, 9.17) is 4.42 Å². The normalized spacial score (nSPS) is 10.8. The second kappa shape index (κ2) is 3.66. The van der Waals surface area contributed by atoms with Crippen molar-refractivity contribution in [3.8, 4) is 11.3 Å². The van der Waals surface area contributed by atoms with Gasteiger partial charge in [-0.3, -0.25) is 0 Å². The standard InChI is InChI=1S/C12H13NO/c1-9(2)11-12(14-8-13-11)10-6-4-3-5-7-10/h3-9H,1-2H3. The first-order chi connectivity index (χ1) is 6.79. The van der Waals surface area contributed by atoms with E-state index in [1.54, 1.807) is 0 Å². The lowest BCUT2D eigenvalue weighted by molar-refractivity contribution is 0.570. The molecule has 0 atom stereocenters. The van der Waals surface area contributed by atoms with Crippen LogP contribution in [0, 0.1) is 0 Å². The monoisotopic (exact) mass is 187 g/mol. The fourth-order valence-corrected chi connectivity index (χ4v) is 1.47. The van der Waals surface area contributed by atoms with E-state index in [0.29, 0.717) is 5.92 Å². The molecule has 0 radical (unpaired) electrons. The van der Waals surface area contributed by atoms with Gasteiger partial charge in [0.25, 0.3) is 0 Å². The Bertz CT molecular complexity index is 403. The fourth-order valence-electron chi connectivity index (χ4n) is 1.47. The van der Waals surface area contributed by atoms with Crippen molar-refractivity contribution in [2.75, 3.05) is 0 Å². The molecule has 1 aromatic carbocycles. The predicted octanol–water partition coefficient (Wildman–Crippen LogP) is 3.47. The average Bonchev–Trinajstić information content (AvgIpc) is 2.67. The molecule has 0 fully saturated rings. The van der Waals surface area contributed by atoms with Crippen molar-refractivity contribution < 1.29 is 4.42 Å². The Morgan fingerprint density at radius 3 is 2.50 bits per heavy atom. The van der Waals surface area contributed by atoms with Gasteiger partial charge in [-0.25, -0.2) is 4.98 Å². The molecule has 0 aliphatic carbocycles. The Labute approximate surface area is 83.6 Å². The first kappa shape index (κ1) is 9.00. The Hall–Kier alpha value is -1.57. The highest BCUT2D eigenvalue weighted by Crippen LogP contribution is 2.27. The van der Waals surface area contributed by atoms with Crippen LogP contribution in [0.4, 0.5) is 0 Å². The Morgan fingerprint density at radius 1 is 1.14 bits per heavy atom. The predicted molar refractivity (Wildman–Crippen MR) is 56.0 cm³/mol. The first-order valence-corrected chi connectivity index (χ1v) is 4.78. The number of rotatable bonds is 2. The molecule has 0 amide bonds. The largest absolute Gasteiger partial charge is 0.443 e. The van der Waals surface area contributed by atoms with Crippen molar-refractivity contribution in [1.29, 1.82) is 0 Å². The average molecular weight is 187 g/mol. The summed E-state index contributed by atoms with van der Waals surface area (Å²) in [5.74, 6) is 1.28. The fraction of sp³-hybridized carbons (Fsp3) is 0.250. The van der Waals surface area contributed by atoms with Crippen molar-refractivity contribution in [3.63, 3.8) is 0 Å². The van der Waals surface area contributed by atoms with Crippen LogP contribution >= 0.6 is 0 Å². The molecule has 2 heteroatoms. The van der Waals surface area contributed by atoms with E-state index < -0.39 is 0 Å². The zero-order valence-corrected chi connectivity index (χ0v) is 8.40. The summed E-state index contributed by atoms with van der Waals surface area (Å²) in [6.45, 7) is 4.23. The molecular formula is C12H13NO. The minimum atomic E-state index is 0.393. The van der Waals surface area contributed by atoms with E-state index >= 15 is 0 Å². The third-order valence-corrected chi connectivity index (χ3v) is 2.18. The van der Waals surface area contributed by atoms with Crippen molar-refractivity contribution >= 4 is 0 Å². The van der Waals surface area contributed by atoms with Gasteiger partial charge in [-0.15, -0.1) is 0 Å². The number of hydrogen-bond acceptors (Lipinski definition) is 2. The summed E-state index contributed by atoms with van der Waals surface area (Å²) in [5.41, 5.74) is 2.12. The molecule has 2 nitrogen and oxygen atoms in total. The van der Waals surface area contributed by atoms with E-state index in [-0.39, 0.29) is 0 Å². The van der Waals surface area contributed by atoms with Crippen molar-refractivity contribution in [2.45, 2.75) is 19.8 Å². The van der Waals surface area contributed by atoms with E-state index in [1.165, 1.54) is 6.39 Å². The molecule has 0 unspecified atom stereocenters. The van der Waals surface area contributed by atoms with Gasteiger partial charge in [0.05, 0.1) is 5.69 Å². The highest BCUT2D eigenvalue weighted by Gasteiger charge is 2.12. The van der Waals surface area contributed by atoms with Crippen LogP contribution in [0.1, 0.15) is 25.5 Å². The summed E-state index contributed by atoms with van der Waals surface area (Å²) >= 11 is 0. The minimum Gasteiger partial charge on any atom is -0.443 e. The molecule has 2 rings (SSSR count). The molecule has 0 aliphatic heterocycles. The molecule has 1 aromatic heterocycles. The van der Waals surface area contributed by atoms with Gasteiger partial charge in [0.15, 0.2) is 12.2 Å². The Kier molecular flexibility index (Phi) is 2.35. The van der Waals surface area contributed by atoms with E-state index in [1.807, 2.05) is 30.3 Å². The molecule has 0 saturated carbocycles. The quantitative estimate of drug-likeness (QED) is 0.719. The zero-order chi connectivity index (χ0) is 9.97. The lowest BCUT2D eigenvalue weighted by Crippen LogP contribution is -1.89. The Balaban J connectivity index is 2.47. The highest BCUT2D eigenvalue weighted by molar-refractivity contribution is 5.59. The van der Waals surface area contributed by atoms with Gasteiger partial charge in [-0.2, -0.15) is 0 Å². The molecule has 0 spiro atoms. The molecule has 0 N–H and O–H groups in total. The van der Waals surface area contributed by atoms with Crippen molar-refractivity contribution in [1.82, 2.24) is 4.98 Å². The van der Waals surface area contributed by atoms with Crippen LogP contribution in [0.3, 0.4) is 0 Å². The van der Waals surface area contributed by atoms with E-state index in [2.05, 4.69) is 18.8 Å². The number of nitrogens with zero attached hydrogens (tertiary/aromatic N) is 1.